The highest BCUT2D eigenvalue weighted by molar-refractivity contribution is 9.10. The number of anilines is 2. The Balaban J connectivity index is 1.47. The average molecular weight is 392 g/mol. The van der Waals surface area contributed by atoms with E-state index in [2.05, 4.69) is 43.3 Å². The van der Waals surface area contributed by atoms with Crippen LogP contribution in [0.4, 0.5) is 16.0 Å². The van der Waals surface area contributed by atoms with Gasteiger partial charge in [0.15, 0.2) is 11.6 Å². The highest BCUT2D eigenvalue weighted by Gasteiger charge is 2.25. The summed E-state index contributed by atoms with van der Waals surface area (Å²) < 4.78 is 14.4. The molecule has 1 fully saturated rings. The van der Waals surface area contributed by atoms with Gasteiger partial charge in [-0.3, -0.25) is 0 Å². The van der Waals surface area contributed by atoms with E-state index in [1.165, 1.54) is 18.3 Å². The summed E-state index contributed by atoms with van der Waals surface area (Å²) in [7, 11) is 0. The van der Waals surface area contributed by atoms with Gasteiger partial charge in [0, 0.05) is 31.2 Å². The largest absolute Gasteiger partial charge is 0.370 e. The van der Waals surface area contributed by atoms with E-state index in [9.17, 15) is 4.39 Å². The fraction of sp³-hybridized carbons (Fsp3) is 0.471. The smallest absolute Gasteiger partial charge is 0.198 e. The Kier molecular flexibility index (Phi) is 4.35. The lowest BCUT2D eigenvalue weighted by Crippen LogP contribution is -2.34. The number of hydrogen-bond donors (Lipinski definition) is 1. The number of piperidine rings is 1. The average Bonchev–Trinajstić information content (AvgIpc) is 2.64. The van der Waals surface area contributed by atoms with Gasteiger partial charge >= 0.3 is 0 Å². The van der Waals surface area contributed by atoms with Gasteiger partial charge in [0.05, 0.1) is 0 Å². The maximum absolute atomic E-state index is 14.2. The third-order valence-corrected chi connectivity index (χ3v) is 5.41. The molecule has 0 aromatic carbocycles. The molecule has 4 heterocycles. The molecule has 2 aliphatic heterocycles. The standard InChI is InChI=1S/C17H19BrFN5/c18-15-14(19)17(22-10-21-15)24-8-5-11(6-9-24)13-4-3-12-2-1-7-20-16(12)23-13/h3-4,10-11H,1-2,5-9H2,(H,20,23). The van der Waals surface area contributed by atoms with E-state index in [0.29, 0.717) is 11.7 Å². The van der Waals surface area contributed by atoms with Crippen LogP contribution in [0.2, 0.25) is 0 Å². The molecule has 0 atom stereocenters. The van der Waals surface area contributed by atoms with Crippen molar-refractivity contribution in [1.82, 2.24) is 15.0 Å². The number of halogens is 2. The third kappa shape index (κ3) is 2.97. The zero-order valence-corrected chi connectivity index (χ0v) is 14.9. The molecule has 24 heavy (non-hydrogen) atoms. The first-order valence-corrected chi connectivity index (χ1v) is 9.16. The van der Waals surface area contributed by atoms with Gasteiger partial charge in [-0.05, 0) is 53.2 Å². The number of nitrogens with zero attached hydrogens (tertiary/aromatic N) is 4. The lowest BCUT2D eigenvalue weighted by molar-refractivity contribution is 0.483. The molecular weight excluding hydrogens is 373 g/mol. The first-order valence-electron chi connectivity index (χ1n) is 8.37. The normalized spacial score (nSPS) is 18.2. The van der Waals surface area contributed by atoms with Gasteiger partial charge in [-0.15, -0.1) is 0 Å². The fourth-order valence-corrected chi connectivity index (χ4v) is 3.79. The summed E-state index contributed by atoms with van der Waals surface area (Å²) in [6.45, 7) is 2.55. The van der Waals surface area contributed by atoms with E-state index in [1.54, 1.807) is 0 Å². The maximum Gasteiger partial charge on any atom is 0.198 e. The molecule has 0 radical (unpaired) electrons. The van der Waals surface area contributed by atoms with Crippen LogP contribution in [0.3, 0.4) is 0 Å². The first kappa shape index (κ1) is 15.7. The van der Waals surface area contributed by atoms with Crippen LogP contribution in [0, 0.1) is 5.82 Å². The Hall–Kier alpha value is -1.76. The highest BCUT2D eigenvalue weighted by atomic mass is 79.9. The number of aromatic nitrogens is 3. The predicted octanol–water partition coefficient (Wildman–Crippen LogP) is 3.52. The number of fused-ring (bicyclic) bond motifs is 1. The van der Waals surface area contributed by atoms with Gasteiger partial charge in [-0.2, -0.15) is 4.39 Å². The molecule has 126 valence electrons. The Morgan fingerprint density at radius 3 is 2.88 bits per heavy atom. The van der Waals surface area contributed by atoms with Crippen LogP contribution in [0.25, 0.3) is 0 Å². The summed E-state index contributed by atoms with van der Waals surface area (Å²) >= 11 is 3.13. The molecule has 0 unspecified atom stereocenters. The third-order valence-electron chi connectivity index (χ3n) is 4.86. The van der Waals surface area contributed by atoms with Crippen LogP contribution in [-0.2, 0) is 6.42 Å². The van der Waals surface area contributed by atoms with E-state index in [0.717, 1.165) is 50.4 Å². The van der Waals surface area contributed by atoms with E-state index in [1.807, 2.05) is 4.90 Å². The van der Waals surface area contributed by atoms with Gasteiger partial charge in [-0.1, -0.05) is 6.07 Å². The summed E-state index contributed by atoms with van der Waals surface area (Å²) in [5.41, 5.74) is 2.46. The molecule has 4 rings (SSSR count). The van der Waals surface area contributed by atoms with Crippen LogP contribution in [0.1, 0.15) is 36.4 Å². The molecule has 1 saturated heterocycles. The summed E-state index contributed by atoms with van der Waals surface area (Å²) in [5, 5.41) is 3.40. The van der Waals surface area contributed by atoms with Crippen molar-refractivity contribution in [3.8, 4) is 0 Å². The second kappa shape index (κ2) is 6.63. The molecule has 0 bridgehead atoms. The SMILES string of the molecule is Fc1c(Br)ncnc1N1CCC(c2ccc3c(n2)NCCC3)CC1. The summed E-state index contributed by atoms with van der Waals surface area (Å²) in [4.78, 5) is 14.8. The summed E-state index contributed by atoms with van der Waals surface area (Å²) in [6.07, 6.45) is 5.58. The number of hydrogen-bond acceptors (Lipinski definition) is 5. The topological polar surface area (TPSA) is 53.9 Å². The number of rotatable bonds is 2. The van der Waals surface area contributed by atoms with E-state index >= 15 is 0 Å². The molecule has 0 spiro atoms. The van der Waals surface area contributed by atoms with Crippen LogP contribution in [0.15, 0.2) is 23.1 Å². The number of nitrogens with one attached hydrogen (secondary N) is 1. The maximum atomic E-state index is 14.2. The molecule has 0 amide bonds. The van der Waals surface area contributed by atoms with Crippen LogP contribution < -0.4 is 10.2 Å². The highest BCUT2D eigenvalue weighted by Crippen LogP contribution is 2.32. The van der Waals surface area contributed by atoms with Crippen molar-refractivity contribution in [2.45, 2.75) is 31.6 Å². The van der Waals surface area contributed by atoms with Gasteiger partial charge in [0.2, 0.25) is 0 Å². The Bertz CT molecular complexity index is 746. The van der Waals surface area contributed by atoms with Crippen molar-refractivity contribution in [2.24, 2.45) is 0 Å². The molecule has 2 aromatic rings. The molecule has 0 saturated carbocycles. The lowest BCUT2D eigenvalue weighted by Gasteiger charge is -2.33. The zero-order valence-electron chi connectivity index (χ0n) is 13.3. The van der Waals surface area contributed by atoms with Crippen molar-refractivity contribution in [2.75, 3.05) is 29.9 Å². The van der Waals surface area contributed by atoms with Crippen molar-refractivity contribution in [1.29, 1.82) is 0 Å². The summed E-state index contributed by atoms with van der Waals surface area (Å²) in [5.74, 6) is 1.47. The van der Waals surface area contributed by atoms with Gasteiger partial charge < -0.3 is 10.2 Å². The van der Waals surface area contributed by atoms with Crippen molar-refractivity contribution >= 4 is 27.6 Å². The monoisotopic (exact) mass is 391 g/mol. The minimum atomic E-state index is -0.382. The first-order chi connectivity index (χ1) is 11.7. The van der Waals surface area contributed by atoms with Crippen molar-refractivity contribution in [3.05, 3.63) is 40.1 Å². The minimum Gasteiger partial charge on any atom is -0.370 e. The van der Waals surface area contributed by atoms with E-state index in [-0.39, 0.29) is 10.4 Å². The number of aryl methyl sites for hydroxylation is 1. The van der Waals surface area contributed by atoms with Crippen molar-refractivity contribution in [3.63, 3.8) is 0 Å². The van der Waals surface area contributed by atoms with Crippen LogP contribution >= 0.6 is 15.9 Å². The molecule has 2 aliphatic rings. The lowest BCUT2D eigenvalue weighted by atomic mass is 9.92. The Labute approximate surface area is 148 Å². The quantitative estimate of drug-likeness (QED) is 0.793. The second-order valence-electron chi connectivity index (χ2n) is 6.34. The molecule has 7 heteroatoms. The number of pyridine rings is 1. The Morgan fingerprint density at radius 1 is 1.21 bits per heavy atom. The van der Waals surface area contributed by atoms with E-state index < -0.39 is 0 Å². The fourth-order valence-electron chi connectivity index (χ4n) is 3.52. The predicted molar refractivity (Wildman–Crippen MR) is 94.9 cm³/mol. The van der Waals surface area contributed by atoms with Crippen LogP contribution in [-0.4, -0.2) is 34.6 Å². The second-order valence-corrected chi connectivity index (χ2v) is 7.09. The molecule has 1 N–H and O–H groups in total. The summed E-state index contributed by atoms with van der Waals surface area (Å²) in [6, 6.07) is 4.37. The molecule has 0 aliphatic carbocycles. The molecule has 2 aromatic heterocycles. The van der Waals surface area contributed by atoms with Crippen LogP contribution in [0.5, 0.6) is 0 Å². The minimum absolute atomic E-state index is 0.219. The van der Waals surface area contributed by atoms with Gasteiger partial charge in [0.1, 0.15) is 16.7 Å². The molecule has 5 nitrogen and oxygen atoms in total. The van der Waals surface area contributed by atoms with Gasteiger partial charge in [0.25, 0.3) is 0 Å². The van der Waals surface area contributed by atoms with E-state index in [4.69, 9.17) is 4.98 Å². The zero-order chi connectivity index (χ0) is 16.5. The Morgan fingerprint density at radius 2 is 2.04 bits per heavy atom. The molecular formula is C17H19BrFN5. The van der Waals surface area contributed by atoms with Gasteiger partial charge in [-0.25, -0.2) is 15.0 Å². The van der Waals surface area contributed by atoms with Crippen molar-refractivity contribution < 1.29 is 4.39 Å².